The number of benzene rings is 1. The zero-order chi connectivity index (χ0) is 11.8. The first-order valence-corrected chi connectivity index (χ1v) is 5.69. The van der Waals surface area contributed by atoms with Crippen molar-refractivity contribution in [1.29, 1.82) is 0 Å². The van der Waals surface area contributed by atoms with Crippen molar-refractivity contribution in [2.75, 3.05) is 12.8 Å². The van der Waals surface area contributed by atoms with Crippen molar-refractivity contribution in [3.05, 3.63) is 23.8 Å². The van der Waals surface area contributed by atoms with Crippen LogP contribution in [0.25, 0.3) is 0 Å². The van der Waals surface area contributed by atoms with Gasteiger partial charge in [-0.15, -0.1) is 0 Å². The Bertz CT molecular complexity index is 388. The number of nitrogens with two attached hydrogens (primary N) is 1. The number of nitrogen functional groups attached to an aromatic ring is 1. The molecule has 1 aromatic rings. The number of rotatable bonds is 4. The molecule has 1 aliphatic rings. The summed E-state index contributed by atoms with van der Waals surface area (Å²) in [4.78, 5) is 0. The molecule has 1 aliphatic carbocycles. The third kappa shape index (κ3) is 2.30. The van der Waals surface area contributed by atoms with Crippen molar-refractivity contribution in [2.45, 2.75) is 32.9 Å². The number of anilines is 1. The molecule has 1 atom stereocenters. The van der Waals surface area contributed by atoms with Crippen LogP contribution < -0.4 is 15.8 Å². The summed E-state index contributed by atoms with van der Waals surface area (Å²) in [7, 11) is 1.67. The van der Waals surface area contributed by atoms with E-state index in [1.54, 1.807) is 7.11 Å². The summed E-state index contributed by atoms with van der Waals surface area (Å²) in [5.74, 6) is 0.862. The number of nitrogens with one attached hydrogen (secondary N) is 1. The molecule has 3 N–H and O–H groups in total. The van der Waals surface area contributed by atoms with Gasteiger partial charge < -0.3 is 15.8 Å². The van der Waals surface area contributed by atoms with Gasteiger partial charge in [0.25, 0.3) is 0 Å². The SMILES string of the molecule is COc1ccc(N)c(CNC2CC2(C)C)c1. The third-order valence-corrected chi connectivity index (χ3v) is 3.40. The lowest BCUT2D eigenvalue weighted by atomic mass is 10.1. The Hall–Kier alpha value is -1.22. The normalized spacial score (nSPS) is 21.8. The average molecular weight is 220 g/mol. The van der Waals surface area contributed by atoms with Gasteiger partial charge in [-0.25, -0.2) is 0 Å². The number of methoxy groups -OCH3 is 1. The number of hydrogen-bond acceptors (Lipinski definition) is 3. The second-order valence-electron chi connectivity index (χ2n) is 5.19. The summed E-state index contributed by atoms with van der Waals surface area (Å²) in [6, 6.07) is 6.41. The Labute approximate surface area is 97.0 Å². The van der Waals surface area contributed by atoms with Crippen molar-refractivity contribution in [1.82, 2.24) is 5.32 Å². The summed E-state index contributed by atoms with van der Waals surface area (Å²) in [6.45, 7) is 5.37. The fraction of sp³-hybridized carbons (Fsp3) is 0.538. The predicted molar refractivity (Wildman–Crippen MR) is 66.4 cm³/mol. The first-order valence-electron chi connectivity index (χ1n) is 5.69. The molecule has 0 saturated heterocycles. The van der Waals surface area contributed by atoms with Crippen LogP contribution in [0.1, 0.15) is 25.8 Å². The highest BCUT2D eigenvalue weighted by atomic mass is 16.5. The van der Waals surface area contributed by atoms with Crippen LogP contribution in [0.5, 0.6) is 5.75 Å². The van der Waals surface area contributed by atoms with Crippen molar-refractivity contribution < 1.29 is 4.74 Å². The quantitative estimate of drug-likeness (QED) is 0.764. The summed E-state index contributed by atoms with van der Waals surface area (Å²) in [6.07, 6.45) is 1.25. The minimum absolute atomic E-state index is 0.452. The molecule has 0 spiro atoms. The predicted octanol–water partition coefficient (Wildman–Crippen LogP) is 2.17. The summed E-state index contributed by atoms with van der Waals surface area (Å²) < 4.78 is 5.19. The number of ether oxygens (including phenoxy) is 1. The molecule has 88 valence electrons. The van der Waals surface area contributed by atoms with Gasteiger partial charge in [0.2, 0.25) is 0 Å². The Balaban J connectivity index is 1.98. The fourth-order valence-electron chi connectivity index (χ4n) is 1.91. The van der Waals surface area contributed by atoms with Gasteiger partial charge in [-0.2, -0.15) is 0 Å². The van der Waals surface area contributed by atoms with Crippen molar-refractivity contribution in [3.8, 4) is 5.75 Å². The smallest absolute Gasteiger partial charge is 0.119 e. The van der Waals surface area contributed by atoms with Gasteiger partial charge in [0.15, 0.2) is 0 Å². The van der Waals surface area contributed by atoms with Crippen molar-refractivity contribution in [3.63, 3.8) is 0 Å². The molecular weight excluding hydrogens is 200 g/mol. The molecule has 1 aromatic carbocycles. The van der Waals surface area contributed by atoms with E-state index < -0.39 is 0 Å². The van der Waals surface area contributed by atoms with Crippen molar-refractivity contribution >= 4 is 5.69 Å². The molecule has 3 nitrogen and oxygen atoms in total. The van der Waals surface area contributed by atoms with Gasteiger partial charge in [-0.3, -0.25) is 0 Å². The zero-order valence-corrected chi connectivity index (χ0v) is 10.2. The highest BCUT2D eigenvalue weighted by molar-refractivity contribution is 5.50. The second kappa shape index (κ2) is 3.98. The van der Waals surface area contributed by atoms with Crippen LogP contribution in [-0.2, 0) is 6.54 Å². The first-order chi connectivity index (χ1) is 7.53. The largest absolute Gasteiger partial charge is 0.497 e. The molecule has 0 heterocycles. The zero-order valence-electron chi connectivity index (χ0n) is 10.2. The van der Waals surface area contributed by atoms with E-state index in [-0.39, 0.29) is 0 Å². The molecule has 0 bridgehead atoms. The molecule has 1 fully saturated rings. The van der Waals surface area contributed by atoms with Crippen LogP contribution in [-0.4, -0.2) is 13.2 Å². The van der Waals surface area contributed by atoms with E-state index in [1.165, 1.54) is 6.42 Å². The van der Waals surface area contributed by atoms with Gasteiger partial charge in [0.05, 0.1) is 7.11 Å². The van der Waals surface area contributed by atoms with Crippen molar-refractivity contribution in [2.24, 2.45) is 5.41 Å². The van der Waals surface area contributed by atoms with Gasteiger partial charge >= 0.3 is 0 Å². The molecule has 0 radical (unpaired) electrons. The number of hydrogen-bond donors (Lipinski definition) is 2. The van der Waals surface area contributed by atoms with Crippen LogP contribution in [0.2, 0.25) is 0 Å². The summed E-state index contributed by atoms with van der Waals surface area (Å²) in [5, 5.41) is 3.52. The highest BCUT2D eigenvalue weighted by Gasteiger charge is 2.44. The molecule has 3 heteroatoms. The standard InChI is InChI=1S/C13H20N2O/c1-13(2)7-12(13)15-8-9-6-10(16-3)4-5-11(9)14/h4-6,12,15H,7-8,14H2,1-3H3. The monoisotopic (exact) mass is 220 g/mol. The maximum absolute atomic E-state index is 5.92. The topological polar surface area (TPSA) is 47.3 Å². The fourth-order valence-corrected chi connectivity index (χ4v) is 1.91. The maximum Gasteiger partial charge on any atom is 0.119 e. The van der Waals surface area contributed by atoms with Crippen LogP contribution in [0, 0.1) is 5.41 Å². The average Bonchev–Trinajstić information content (AvgIpc) is 2.85. The lowest BCUT2D eigenvalue weighted by Crippen LogP contribution is -2.20. The van der Waals surface area contributed by atoms with E-state index in [0.717, 1.165) is 23.5 Å². The molecule has 1 unspecified atom stereocenters. The molecular formula is C13H20N2O. The van der Waals surface area contributed by atoms with Crippen LogP contribution in [0.15, 0.2) is 18.2 Å². The van der Waals surface area contributed by atoms with E-state index in [1.807, 2.05) is 18.2 Å². The van der Waals surface area contributed by atoms with Crippen LogP contribution >= 0.6 is 0 Å². The Morgan fingerprint density at radius 1 is 1.50 bits per heavy atom. The lowest BCUT2D eigenvalue weighted by Gasteiger charge is -2.10. The van der Waals surface area contributed by atoms with Gasteiger partial charge in [0, 0.05) is 18.3 Å². The molecule has 16 heavy (non-hydrogen) atoms. The second-order valence-corrected chi connectivity index (χ2v) is 5.19. The van der Waals surface area contributed by atoms with E-state index >= 15 is 0 Å². The third-order valence-electron chi connectivity index (χ3n) is 3.40. The van der Waals surface area contributed by atoms with E-state index in [2.05, 4.69) is 19.2 Å². The minimum Gasteiger partial charge on any atom is -0.497 e. The minimum atomic E-state index is 0.452. The Morgan fingerprint density at radius 2 is 2.19 bits per heavy atom. The van der Waals surface area contributed by atoms with Gasteiger partial charge in [-0.1, -0.05) is 13.8 Å². The Kier molecular flexibility index (Phi) is 2.80. The van der Waals surface area contributed by atoms with Crippen LogP contribution in [0.3, 0.4) is 0 Å². The van der Waals surface area contributed by atoms with Crippen LogP contribution in [0.4, 0.5) is 5.69 Å². The van der Waals surface area contributed by atoms with E-state index in [9.17, 15) is 0 Å². The van der Waals surface area contributed by atoms with Gasteiger partial charge in [0.1, 0.15) is 5.75 Å². The van der Waals surface area contributed by atoms with Gasteiger partial charge in [-0.05, 0) is 35.6 Å². The maximum atomic E-state index is 5.92. The van der Waals surface area contributed by atoms with E-state index in [4.69, 9.17) is 10.5 Å². The van der Waals surface area contributed by atoms with E-state index in [0.29, 0.717) is 11.5 Å². The summed E-state index contributed by atoms with van der Waals surface area (Å²) >= 11 is 0. The Morgan fingerprint density at radius 3 is 2.75 bits per heavy atom. The molecule has 0 aromatic heterocycles. The molecule has 0 aliphatic heterocycles. The first kappa shape index (κ1) is 11.3. The molecule has 1 saturated carbocycles. The lowest BCUT2D eigenvalue weighted by molar-refractivity contribution is 0.414. The molecule has 2 rings (SSSR count). The molecule has 0 amide bonds. The highest BCUT2D eigenvalue weighted by Crippen LogP contribution is 2.44. The summed E-state index contributed by atoms with van der Waals surface area (Å²) in [5.41, 5.74) is 8.31.